The Bertz CT molecular complexity index is 78.5. The Morgan fingerprint density at radius 1 is 1.62 bits per heavy atom. The van der Waals surface area contributed by atoms with E-state index in [2.05, 4.69) is 13.2 Å². The van der Waals surface area contributed by atoms with E-state index in [1.807, 2.05) is 0 Å². The van der Waals surface area contributed by atoms with E-state index in [0.717, 1.165) is 0 Å². The molecule has 0 saturated carbocycles. The van der Waals surface area contributed by atoms with Crippen LogP contribution in [0.15, 0.2) is 25.3 Å². The lowest BCUT2D eigenvalue weighted by Crippen LogP contribution is -2.04. The van der Waals surface area contributed by atoms with Gasteiger partial charge in [0.2, 0.25) is 0 Å². The largest absolute Gasteiger partial charge is 0.380 e. The Morgan fingerprint density at radius 3 is 2.25 bits per heavy atom. The van der Waals surface area contributed by atoms with Crippen molar-refractivity contribution in [2.24, 2.45) is 0 Å². The maximum absolute atomic E-state index is 8.72. The van der Waals surface area contributed by atoms with Crippen LogP contribution in [0.2, 0.25) is 0 Å². The maximum Gasteiger partial charge on any atom is 0.136 e. The minimum Gasteiger partial charge on any atom is -0.380 e. The molecule has 1 atom stereocenters. The quantitative estimate of drug-likeness (QED) is 0.458. The van der Waals surface area contributed by atoms with Gasteiger partial charge in [-0.2, -0.15) is 0 Å². The maximum atomic E-state index is 8.72. The van der Waals surface area contributed by atoms with E-state index in [-0.39, 0.29) is 6.10 Å². The minimum absolute atomic E-state index is 0.0432. The highest BCUT2D eigenvalue weighted by molar-refractivity contribution is 6.23. The van der Waals surface area contributed by atoms with Gasteiger partial charge in [-0.3, -0.25) is 0 Å². The number of hydrogen-bond donors (Lipinski definition) is 1. The van der Waals surface area contributed by atoms with E-state index in [4.69, 9.17) is 16.7 Å². The summed E-state index contributed by atoms with van der Waals surface area (Å²) < 4.78 is 0. The van der Waals surface area contributed by atoms with Gasteiger partial charge >= 0.3 is 0 Å². The summed E-state index contributed by atoms with van der Waals surface area (Å²) in [5.74, 6) is 0. The van der Waals surface area contributed by atoms with Gasteiger partial charge in [-0.15, -0.1) is 24.8 Å². The van der Waals surface area contributed by atoms with Gasteiger partial charge in [0.15, 0.2) is 0 Å². The first kappa shape index (κ1) is 7.73. The minimum atomic E-state index is -0.493. The second-order valence-electron chi connectivity index (χ2n) is 1.27. The Balaban J connectivity index is 3.60. The molecule has 0 bridgehead atoms. The molecule has 1 unspecified atom stereocenters. The zero-order valence-electron chi connectivity index (χ0n) is 4.47. The highest BCUT2D eigenvalue weighted by atomic mass is 35.5. The molecule has 1 N–H and O–H groups in total. The van der Waals surface area contributed by atoms with Crippen LogP contribution in [0, 0.1) is 6.10 Å². The van der Waals surface area contributed by atoms with Crippen molar-refractivity contribution < 1.29 is 5.11 Å². The summed E-state index contributed by atoms with van der Waals surface area (Å²) in [6.45, 7) is 6.68. The van der Waals surface area contributed by atoms with Crippen LogP contribution >= 0.6 is 11.6 Å². The molecule has 1 radical (unpaired) electrons. The first-order valence-electron chi connectivity index (χ1n) is 2.17. The van der Waals surface area contributed by atoms with Crippen molar-refractivity contribution in [1.29, 1.82) is 0 Å². The van der Waals surface area contributed by atoms with Crippen molar-refractivity contribution in [2.45, 2.75) is 5.38 Å². The fraction of sp³-hybridized carbons (Fsp3) is 0.167. The molecule has 0 aliphatic heterocycles. The highest BCUT2D eigenvalue weighted by Gasteiger charge is 2.07. The average molecular weight is 132 g/mol. The van der Waals surface area contributed by atoms with Crippen molar-refractivity contribution in [3.8, 4) is 0 Å². The third-order valence-electron chi connectivity index (χ3n) is 0.699. The van der Waals surface area contributed by atoms with Crippen LogP contribution in [-0.4, -0.2) is 10.5 Å². The van der Waals surface area contributed by atoms with Crippen LogP contribution < -0.4 is 0 Å². The Kier molecular flexibility index (Phi) is 3.57. The van der Waals surface area contributed by atoms with Crippen molar-refractivity contribution in [3.63, 3.8) is 0 Å². The second-order valence-corrected chi connectivity index (χ2v) is 1.74. The van der Waals surface area contributed by atoms with Gasteiger partial charge in [0.1, 0.15) is 6.10 Å². The molecule has 45 valence electrons. The lowest BCUT2D eigenvalue weighted by Gasteiger charge is -2.03. The fourth-order valence-electron chi connectivity index (χ4n) is 0.233. The number of hydrogen-bond acceptors (Lipinski definition) is 1. The summed E-state index contributed by atoms with van der Waals surface area (Å²) in [5.41, 5.74) is 0. The number of rotatable bonds is 3. The average Bonchev–Trinajstić information content (AvgIpc) is 1.84. The lowest BCUT2D eigenvalue weighted by atomic mass is 10.2. The van der Waals surface area contributed by atoms with Crippen molar-refractivity contribution >= 4 is 11.6 Å². The van der Waals surface area contributed by atoms with Crippen LogP contribution in [0.3, 0.4) is 0 Å². The summed E-state index contributed by atoms with van der Waals surface area (Å²) in [5, 5.41) is 8.23. The zero-order valence-corrected chi connectivity index (χ0v) is 5.23. The second kappa shape index (κ2) is 3.70. The molecule has 0 rings (SSSR count). The monoisotopic (exact) mass is 131 g/mol. The Morgan fingerprint density at radius 2 is 2.12 bits per heavy atom. The van der Waals surface area contributed by atoms with E-state index in [1.165, 1.54) is 12.2 Å². The van der Waals surface area contributed by atoms with Crippen molar-refractivity contribution in [2.75, 3.05) is 0 Å². The molecule has 0 aliphatic rings. The van der Waals surface area contributed by atoms with Gasteiger partial charge < -0.3 is 5.11 Å². The van der Waals surface area contributed by atoms with Gasteiger partial charge in [-0.05, 0) is 0 Å². The smallest absolute Gasteiger partial charge is 0.136 e. The molecule has 0 aromatic heterocycles. The summed E-state index contributed by atoms with van der Waals surface area (Å²) in [6, 6.07) is 0. The summed E-state index contributed by atoms with van der Waals surface area (Å²) in [6.07, 6.45) is 2.76. The third kappa shape index (κ3) is 2.15. The molecule has 0 amide bonds. The van der Waals surface area contributed by atoms with Crippen LogP contribution in [0.5, 0.6) is 0 Å². The summed E-state index contributed by atoms with van der Waals surface area (Å²) in [7, 11) is 0. The number of aliphatic hydroxyl groups excluding tert-OH is 1. The van der Waals surface area contributed by atoms with Gasteiger partial charge in [-0.1, -0.05) is 12.2 Å². The molecular formula is C6H8ClO. The molecule has 0 fully saturated rings. The van der Waals surface area contributed by atoms with E-state index in [1.54, 1.807) is 0 Å². The van der Waals surface area contributed by atoms with Crippen molar-refractivity contribution in [1.82, 2.24) is 0 Å². The molecule has 0 aromatic rings. The van der Waals surface area contributed by atoms with E-state index in [9.17, 15) is 0 Å². The highest BCUT2D eigenvalue weighted by Crippen LogP contribution is 2.10. The molecule has 0 heterocycles. The van der Waals surface area contributed by atoms with Crippen LogP contribution in [0.25, 0.3) is 0 Å². The number of halogens is 1. The van der Waals surface area contributed by atoms with Gasteiger partial charge in [0, 0.05) is 0 Å². The molecule has 0 aliphatic carbocycles. The van der Waals surface area contributed by atoms with Crippen LogP contribution in [0.4, 0.5) is 0 Å². The summed E-state index contributed by atoms with van der Waals surface area (Å²) in [4.78, 5) is 0. The standard InChI is InChI=1S/C6H8ClO/c1-3-5(7)6(8)4-2/h3-5,8H,1-2H2. The molecule has 0 saturated heterocycles. The molecule has 0 spiro atoms. The molecular weight excluding hydrogens is 124 g/mol. The molecule has 1 nitrogen and oxygen atoms in total. The number of alkyl halides is 1. The first-order valence-corrected chi connectivity index (χ1v) is 2.61. The van der Waals surface area contributed by atoms with Gasteiger partial charge in [0.05, 0.1) is 5.38 Å². The van der Waals surface area contributed by atoms with E-state index >= 15 is 0 Å². The summed E-state index contributed by atoms with van der Waals surface area (Å²) >= 11 is 5.44. The van der Waals surface area contributed by atoms with Gasteiger partial charge in [-0.25, -0.2) is 0 Å². The first-order chi connectivity index (χ1) is 3.72. The lowest BCUT2D eigenvalue weighted by molar-refractivity contribution is 0.336. The van der Waals surface area contributed by atoms with Crippen LogP contribution in [-0.2, 0) is 0 Å². The molecule has 8 heavy (non-hydrogen) atoms. The number of aliphatic hydroxyl groups is 1. The zero-order chi connectivity index (χ0) is 6.57. The molecule has 2 heteroatoms. The SMILES string of the molecule is C=C[C](O)C(Cl)C=C. The predicted octanol–water partition coefficient (Wildman–Crippen LogP) is 1.87. The van der Waals surface area contributed by atoms with E-state index in [0.29, 0.717) is 0 Å². The fourth-order valence-corrected chi connectivity index (χ4v) is 0.322. The third-order valence-corrected chi connectivity index (χ3v) is 1.10. The Labute approximate surface area is 54.3 Å². The normalized spacial score (nSPS) is 13.4. The van der Waals surface area contributed by atoms with Crippen molar-refractivity contribution in [3.05, 3.63) is 31.4 Å². The predicted molar refractivity (Wildman–Crippen MR) is 35.2 cm³/mol. The topological polar surface area (TPSA) is 20.2 Å². The molecule has 0 aromatic carbocycles. The Hall–Kier alpha value is -0.270. The van der Waals surface area contributed by atoms with E-state index < -0.39 is 5.38 Å². The van der Waals surface area contributed by atoms with Gasteiger partial charge in [0.25, 0.3) is 0 Å². The van der Waals surface area contributed by atoms with Crippen LogP contribution in [0.1, 0.15) is 0 Å².